The summed E-state index contributed by atoms with van der Waals surface area (Å²) in [6.07, 6.45) is 2.75. The number of amides is 1. The minimum absolute atomic E-state index is 0.126. The molecular weight excluding hydrogens is 527 g/mol. The Bertz CT molecular complexity index is 1260. The van der Waals surface area contributed by atoms with Gasteiger partial charge in [0.05, 0.1) is 28.0 Å². The zero-order valence-corrected chi connectivity index (χ0v) is 22.8. The number of halogens is 2. The Hall–Kier alpha value is -2.07. The summed E-state index contributed by atoms with van der Waals surface area (Å²) < 4.78 is 7.22. The molecule has 1 aliphatic carbocycles. The third-order valence-corrected chi connectivity index (χ3v) is 8.66. The van der Waals surface area contributed by atoms with Gasteiger partial charge in [0.25, 0.3) is 0 Å². The molecule has 186 valence electrons. The summed E-state index contributed by atoms with van der Waals surface area (Å²) in [5.41, 5.74) is 2.32. The van der Waals surface area contributed by atoms with Crippen LogP contribution in [-0.2, 0) is 28.9 Å². The van der Waals surface area contributed by atoms with Crippen LogP contribution in [0.2, 0.25) is 10.0 Å². The van der Waals surface area contributed by atoms with E-state index in [-0.39, 0.29) is 24.2 Å². The molecule has 1 aliphatic rings. The normalized spacial score (nSPS) is 15.1. The lowest BCUT2D eigenvalue weighted by molar-refractivity contribution is -0.113. The van der Waals surface area contributed by atoms with Gasteiger partial charge in [-0.2, -0.15) is 0 Å². The first-order valence-corrected chi connectivity index (χ1v) is 14.0. The Balaban J connectivity index is 1.50. The summed E-state index contributed by atoms with van der Waals surface area (Å²) in [5, 5.41) is 13.6. The largest absolute Gasteiger partial charge is 0.462 e. The summed E-state index contributed by atoms with van der Waals surface area (Å²) in [6.45, 7) is 6.88. The van der Waals surface area contributed by atoms with E-state index in [4.69, 9.17) is 27.9 Å². The minimum atomic E-state index is -0.375. The summed E-state index contributed by atoms with van der Waals surface area (Å²) >= 11 is 15.0. The molecule has 0 fully saturated rings. The van der Waals surface area contributed by atoms with Crippen molar-refractivity contribution in [3.63, 3.8) is 0 Å². The second-order valence-corrected chi connectivity index (χ2v) is 11.2. The minimum Gasteiger partial charge on any atom is -0.462 e. The molecule has 0 aliphatic heterocycles. The average molecular weight is 554 g/mol. The van der Waals surface area contributed by atoms with Gasteiger partial charge in [-0.1, -0.05) is 41.9 Å². The van der Waals surface area contributed by atoms with E-state index >= 15 is 0 Å². The number of hydrogen-bond acceptors (Lipinski definition) is 7. The van der Waals surface area contributed by atoms with Gasteiger partial charge >= 0.3 is 5.97 Å². The van der Waals surface area contributed by atoms with Gasteiger partial charge in [-0.25, -0.2) is 4.79 Å². The van der Waals surface area contributed by atoms with E-state index in [2.05, 4.69) is 22.4 Å². The van der Waals surface area contributed by atoms with Crippen molar-refractivity contribution in [3.8, 4) is 11.4 Å². The molecule has 1 amide bonds. The van der Waals surface area contributed by atoms with Crippen LogP contribution in [0.25, 0.3) is 11.4 Å². The Morgan fingerprint density at radius 3 is 2.77 bits per heavy atom. The number of fused-ring (bicyclic) bond motifs is 1. The zero-order valence-electron chi connectivity index (χ0n) is 19.7. The molecule has 3 aromatic rings. The number of anilines is 1. The molecule has 2 aromatic heterocycles. The van der Waals surface area contributed by atoms with Gasteiger partial charge in [0.1, 0.15) is 5.00 Å². The Morgan fingerprint density at radius 2 is 2.06 bits per heavy atom. The predicted octanol–water partition coefficient (Wildman–Crippen LogP) is 6.37. The van der Waals surface area contributed by atoms with E-state index in [1.165, 1.54) is 23.1 Å². The summed E-state index contributed by atoms with van der Waals surface area (Å²) in [6, 6.07) is 5.30. The van der Waals surface area contributed by atoms with Gasteiger partial charge in [-0.15, -0.1) is 21.5 Å². The van der Waals surface area contributed by atoms with Gasteiger partial charge in [0.2, 0.25) is 5.91 Å². The molecule has 1 aromatic carbocycles. The summed E-state index contributed by atoms with van der Waals surface area (Å²) in [5.74, 6) is 0.744. The van der Waals surface area contributed by atoms with Crippen molar-refractivity contribution in [1.82, 2.24) is 14.8 Å². The standard InChI is InChI=1S/C24H26Cl2N4O3S2/c1-4-30-21(14-7-9-16(25)17(26)11-14)28-29-24(30)34-12-19(31)27-22-20(23(32)33-5-2)15-8-6-13(3)10-18(15)35-22/h7,9,11,13H,4-6,8,10,12H2,1-3H3,(H,27,31). The number of benzene rings is 1. The molecule has 0 spiro atoms. The first-order chi connectivity index (χ1) is 16.8. The molecule has 0 bridgehead atoms. The SMILES string of the molecule is CCOC(=O)c1c(NC(=O)CSc2nnc(-c3ccc(Cl)c(Cl)c3)n2CC)sc2c1CCC(C)C2. The van der Waals surface area contributed by atoms with E-state index in [1.54, 1.807) is 19.1 Å². The molecule has 11 heteroatoms. The fraction of sp³-hybridized carbons (Fsp3) is 0.417. The number of nitrogens with one attached hydrogen (secondary N) is 1. The quantitative estimate of drug-likeness (QED) is 0.258. The van der Waals surface area contributed by atoms with Crippen LogP contribution in [0.3, 0.4) is 0 Å². The molecule has 1 unspecified atom stereocenters. The van der Waals surface area contributed by atoms with Crippen LogP contribution in [0.15, 0.2) is 23.4 Å². The van der Waals surface area contributed by atoms with Crippen LogP contribution in [0.5, 0.6) is 0 Å². The highest BCUT2D eigenvalue weighted by molar-refractivity contribution is 7.99. The fourth-order valence-electron chi connectivity index (χ4n) is 4.08. The lowest BCUT2D eigenvalue weighted by atomic mass is 9.88. The van der Waals surface area contributed by atoms with Crippen molar-refractivity contribution in [1.29, 1.82) is 0 Å². The summed E-state index contributed by atoms with van der Waals surface area (Å²) in [7, 11) is 0. The van der Waals surface area contributed by atoms with Crippen LogP contribution in [0.1, 0.15) is 48.0 Å². The highest BCUT2D eigenvalue weighted by Crippen LogP contribution is 2.40. The van der Waals surface area contributed by atoms with Crippen LogP contribution in [-0.4, -0.2) is 39.0 Å². The third-order valence-electron chi connectivity index (χ3n) is 5.79. The van der Waals surface area contributed by atoms with Gasteiger partial charge in [0, 0.05) is 17.0 Å². The smallest absolute Gasteiger partial charge is 0.341 e. The van der Waals surface area contributed by atoms with Crippen molar-refractivity contribution in [3.05, 3.63) is 44.2 Å². The number of nitrogens with zero attached hydrogens (tertiary/aromatic N) is 3. The number of ether oxygens (including phenoxy) is 1. The number of aromatic nitrogens is 3. The number of carbonyl (C=O) groups is 2. The van der Waals surface area contributed by atoms with Gasteiger partial charge < -0.3 is 14.6 Å². The lowest BCUT2D eigenvalue weighted by Gasteiger charge is -2.18. The summed E-state index contributed by atoms with van der Waals surface area (Å²) in [4.78, 5) is 26.7. The molecule has 0 radical (unpaired) electrons. The topological polar surface area (TPSA) is 86.1 Å². The van der Waals surface area contributed by atoms with Crippen LogP contribution in [0, 0.1) is 5.92 Å². The molecule has 7 nitrogen and oxygen atoms in total. The molecule has 2 heterocycles. The first kappa shape index (κ1) is 26.0. The molecule has 35 heavy (non-hydrogen) atoms. The first-order valence-electron chi connectivity index (χ1n) is 11.4. The maximum atomic E-state index is 12.9. The molecule has 0 saturated heterocycles. The van der Waals surface area contributed by atoms with Crippen molar-refractivity contribution in [2.45, 2.75) is 51.7 Å². The number of thioether (sulfide) groups is 1. The number of hydrogen-bond donors (Lipinski definition) is 1. The zero-order chi connectivity index (χ0) is 25.1. The number of carbonyl (C=O) groups excluding carboxylic acids is 2. The lowest BCUT2D eigenvalue weighted by Crippen LogP contribution is -2.18. The Morgan fingerprint density at radius 1 is 1.26 bits per heavy atom. The highest BCUT2D eigenvalue weighted by Gasteiger charge is 2.29. The second-order valence-electron chi connectivity index (χ2n) is 8.29. The van der Waals surface area contributed by atoms with Crippen LogP contribution >= 0.6 is 46.3 Å². The molecule has 4 rings (SSSR count). The predicted molar refractivity (Wildman–Crippen MR) is 142 cm³/mol. The number of thiophene rings is 1. The maximum Gasteiger partial charge on any atom is 0.341 e. The van der Waals surface area contributed by atoms with E-state index < -0.39 is 0 Å². The van der Waals surface area contributed by atoms with Crippen molar-refractivity contribution in [2.75, 3.05) is 17.7 Å². The molecule has 1 atom stereocenters. The molecule has 1 N–H and O–H groups in total. The van der Waals surface area contributed by atoms with Crippen LogP contribution < -0.4 is 5.32 Å². The van der Waals surface area contributed by atoms with E-state index in [0.717, 1.165) is 35.3 Å². The Labute approximate surface area is 222 Å². The monoisotopic (exact) mass is 552 g/mol. The van der Waals surface area contributed by atoms with E-state index in [9.17, 15) is 9.59 Å². The number of esters is 1. The van der Waals surface area contributed by atoms with Crippen molar-refractivity contribution >= 4 is 63.2 Å². The van der Waals surface area contributed by atoms with Crippen LogP contribution in [0.4, 0.5) is 5.00 Å². The highest BCUT2D eigenvalue weighted by atomic mass is 35.5. The van der Waals surface area contributed by atoms with Gasteiger partial charge in [0.15, 0.2) is 11.0 Å². The van der Waals surface area contributed by atoms with Crippen molar-refractivity contribution < 1.29 is 14.3 Å². The number of rotatable bonds is 8. The molecule has 0 saturated carbocycles. The van der Waals surface area contributed by atoms with E-state index in [1.807, 2.05) is 17.6 Å². The van der Waals surface area contributed by atoms with Crippen molar-refractivity contribution in [2.24, 2.45) is 5.92 Å². The molecular formula is C24H26Cl2N4O3S2. The van der Waals surface area contributed by atoms with Gasteiger partial charge in [-0.3, -0.25) is 4.79 Å². The van der Waals surface area contributed by atoms with E-state index in [0.29, 0.717) is 44.1 Å². The van der Waals surface area contributed by atoms with Gasteiger partial charge in [-0.05, 0) is 62.8 Å². The maximum absolute atomic E-state index is 12.9. The fourth-order valence-corrected chi connectivity index (χ4v) is 6.60. The second kappa shape index (κ2) is 11.3. The average Bonchev–Trinajstić information content (AvgIpc) is 3.39. The Kier molecular flexibility index (Phi) is 8.42. The third kappa shape index (κ3) is 5.69.